The molecule has 7 aromatic carbocycles. The van der Waals surface area contributed by atoms with Gasteiger partial charge in [-0.05, 0) is 35.0 Å². The van der Waals surface area contributed by atoms with E-state index in [0.29, 0.717) is 11.1 Å². The minimum atomic E-state index is 0.472. The SMILES string of the molecule is N#Cc1c(C=N)ccc(-n2c3ccccc3c3ccc4ccccc4c32)c1-n1c2ccccc2c2ccc3ccccc3c21. The van der Waals surface area contributed by atoms with Crippen molar-refractivity contribution >= 4 is 71.4 Å². The van der Waals surface area contributed by atoms with Gasteiger partial charge in [-0.1, -0.05) is 109 Å². The number of fused-ring (bicyclic) bond motifs is 10. The van der Waals surface area contributed by atoms with Gasteiger partial charge in [-0.15, -0.1) is 0 Å². The zero-order chi connectivity index (χ0) is 29.4. The summed E-state index contributed by atoms with van der Waals surface area (Å²) >= 11 is 0. The van der Waals surface area contributed by atoms with Crippen molar-refractivity contribution in [2.24, 2.45) is 0 Å². The molecule has 9 rings (SSSR count). The second-order valence-corrected chi connectivity index (χ2v) is 11.2. The summed E-state index contributed by atoms with van der Waals surface area (Å²) in [6.07, 6.45) is 1.29. The van der Waals surface area contributed by atoms with Crippen molar-refractivity contribution in [1.29, 1.82) is 10.7 Å². The zero-order valence-electron chi connectivity index (χ0n) is 23.6. The van der Waals surface area contributed by atoms with Gasteiger partial charge in [0.2, 0.25) is 0 Å². The minimum Gasteiger partial charge on any atom is -0.308 e. The Morgan fingerprint density at radius 1 is 0.500 bits per heavy atom. The first-order valence-electron chi connectivity index (χ1n) is 14.7. The molecule has 0 aliphatic carbocycles. The molecule has 0 fully saturated rings. The van der Waals surface area contributed by atoms with Crippen molar-refractivity contribution in [2.45, 2.75) is 0 Å². The molecule has 2 aromatic heterocycles. The molecule has 0 saturated carbocycles. The van der Waals surface area contributed by atoms with Gasteiger partial charge in [-0.25, -0.2) is 0 Å². The van der Waals surface area contributed by atoms with Gasteiger partial charge in [0.15, 0.2) is 0 Å². The van der Waals surface area contributed by atoms with E-state index >= 15 is 0 Å². The second kappa shape index (κ2) is 9.16. The molecular weight excluding hydrogens is 536 g/mol. The predicted molar refractivity (Wildman–Crippen MR) is 183 cm³/mol. The average molecular weight is 561 g/mol. The van der Waals surface area contributed by atoms with Crippen molar-refractivity contribution in [3.05, 3.63) is 145 Å². The van der Waals surface area contributed by atoms with E-state index in [4.69, 9.17) is 5.41 Å². The second-order valence-electron chi connectivity index (χ2n) is 11.2. The van der Waals surface area contributed by atoms with Gasteiger partial charge in [-0.3, -0.25) is 0 Å². The van der Waals surface area contributed by atoms with E-state index < -0.39 is 0 Å². The van der Waals surface area contributed by atoms with Crippen LogP contribution in [0, 0.1) is 16.7 Å². The highest BCUT2D eigenvalue weighted by molar-refractivity contribution is 6.21. The van der Waals surface area contributed by atoms with E-state index in [1.165, 1.54) is 6.21 Å². The number of nitriles is 1. The number of nitrogens with one attached hydrogen (secondary N) is 1. The van der Waals surface area contributed by atoms with Gasteiger partial charge in [0.1, 0.15) is 6.07 Å². The Kier molecular flexibility index (Phi) is 5.08. The Morgan fingerprint density at radius 3 is 1.57 bits per heavy atom. The van der Waals surface area contributed by atoms with E-state index in [-0.39, 0.29) is 0 Å². The average Bonchev–Trinajstić information content (AvgIpc) is 3.61. The lowest BCUT2D eigenvalue weighted by atomic mass is 10.0. The third kappa shape index (κ3) is 3.18. The summed E-state index contributed by atoms with van der Waals surface area (Å²) in [5.41, 5.74) is 6.96. The number of hydrogen-bond donors (Lipinski definition) is 1. The molecule has 0 aliphatic heterocycles. The lowest BCUT2D eigenvalue weighted by molar-refractivity contribution is 1.09. The quantitative estimate of drug-likeness (QED) is 0.215. The highest BCUT2D eigenvalue weighted by Crippen LogP contribution is 2.43. The molecule has 0 aliphatic rings. The summed E-state index contributed by atoms with van der Waals surface area (Å²) < 4.78 is 4.59. The topological polar surface area (TPSA) is 57.5 Å². The molecule has 1 N–H and O–H groups in total. The molecule has 2 heterocycles. The normalized spacial score (nSPS) is 11.7. The van der Waals surface area contributed by atoms with Crippen molar-refractivity contribution < 1.29 is 0 Å². The van der Waals surface area contributed by atoms with Gasteiger partial charge in [0.25, 0.3) is 0 Å². The molecule has 0 unspecified atom stereocenters. The molecule has 0 bridgehead atoms. The molecule has 0 spiro atoms. The number of hydrogen-bond acceptors (Lipinski definition) is 2. The maximum Gasteiger partial charge on any atom is 0.102 e. The standard InChI is InChI=1S/C40H24N4/c41-23-27-19-22-37(43-35-15-7-5-13-30(35)32-20-17-25-9-1-3-11-28(25)38(32)43)40(34(27)24-42)44-36-16-8-6-14-31(36)33-21-18-26-10-2-4-12-29(26)39(33)44/h1-23,41H. The molecule has 0 amide bonds. The van der Waals surface area contributed by atoms with Crippen LogP contribution in [-0.2, 0) is 0 Å². The van der Waals surface area contributed by atoms with Gasteiger partial charge in [0, 0.05) is 44.1 Å². The molecular formula is C40H24N4. The van der Waals surface area contributed by atoms with Crippen molar-refractivity contribution in [1.82, 2.24) is 9.13 Å². The Labute approximate surface area is 252 Å². The smallest absolute Gasteiger partial charge is 0.102 e. The number of aromatic nitrogens is 2. The molecule has 0 radical (unpaired) electrons. The number of para-hydroxylation sites is 2. The number of benzene rings is 7. The Hall–Kier alpha value is -6.18. The molecule has 4 nitrogen and oxygen atoms in total. The molecule has 204 valence electrons. The van der Waals surface area contributed by atoms with Crippen molar-refractivity contribution in [2.75, 3.05) is 0 Å². The highest BCUT2D eigenvalue weighted by atomic mass is 15.1. The van der Waals surface area contributed by atoms with Gasteiger partial charge in [0.05, 0.1) is 39.0 Å². The van der Waals surface area contributed by atoms with Crippen LogP contribution < -0.4 is 0 Å². The van der Waals surface area contributed by atoms with Gasteiger partial charge >= 0.3 is 0 Å². The van der Waals surface area contributed by atoms with E-state index in [1.807, 2.05) is 6.07 Å². The molecule has 9 aromatic rings. The summed E-state index contributed by atoms with van der Waals surface area (Å²) in [4.78, 5) is 0. The fraction of sp³-hybridized carbons (Fsp3) is 0. The summed E-state index contributed by atoms with van der Waals surface area (Å²) in [7, 11) is 0. The first kappa shape index (κ1) is 24.4. The third-order valence-corrected chi connectivity index (χ3v) is 9.04. The Morgan fingerprint density at radius 2 is 1.00 bits per heavy atom. The maximum absolute atomic E-state index is 10.8. The van der Waals surface area contributed by atoms with E-state index in [0.717, 1.165) is 76.5 Å². The van der Waals surface area contributed by atoms with Crippen LogP contribution in [0.4, 0.5) is 0 Å². The lowest BCUT2D eigenvalue weighted by Crippen LogP contribution is -2.08. The largest absolute Gasteiger partial charge is 0.308 e. The van der Waals surface area contributed by atoms with E-state index in [2.05, 4.69) is 143 Å². The van der Waals surface area contributed by atoms with Crippen LogP contribution in [-0.4, -0.2) is 15.3 Å². The Balaban J connectivity index is 1.57. The van der Waals surface area contributed by atoms with E-state index in [1.54, 1.807) is 0 Å². The van der Waals surface area contributed by atoms with Crippen LogP contribution >= 0.6 is 0 Å². The molecule has 4 heteroatoms. The van der Waals surface area contributed by atoms with Crippen LogP contribution in [0.5, 0.6) is 0 Å². The van der Waals surface area contributed by atoms with Gasteiger partial charge in [-0.2, -0.15) is 5.26 Å². The summed E-state index contributed by atoms with van der Waals surface area (Å²) in [5.74, 6) is 0. The maximum atomic E-state index is 10.8. The fourth-order valence-corrected chi connectivity index (χ4v) is 7.18. The summed E-state index contributed by atoms with van der Waals surface area (Å²) in [6.45, 7) is 0. The number of rotatable bonds is 3. The van der Waals surface area contributed by atoms with Crippen LogP contribution in [0.1, 0.15) is 11.1 Å². The summed E-state index contributed by atoms with van der Waals surface area (Å²) in [6, 6.07) is 49.1. The first-order valence-corrected chi connectivity index (χ1v) is 14.7. The fourth-order valence-electron chi connectivity index (χ4n) is 7.18. The third-order valence-electron chi connectivity index (χ3n) is 9.04. The lowest BCUT2D eigenvalue weighted by Gasteiger charge is -2.20. The summed E-state index contributed by atoms with van der Waals surface area (Å²) in [5, 5.41) is 28.2. The predicted octanol–water partition coefficient (Wildman–Crippen LogP) is 10.1. The van der Waals surface area contributed by atoms with Crippen LogP contribution in [0.2, 0.25) is 0 Å². The monoisotopic (exact) mass is 560 g/mol. The first-order chi connectivity index (χ1) is 21.8. The Bertz CT molecular complexity index is 2700. The van der Waals surface area contributed by atoms with E-state index in [9.17, 15) is 5.26 Å². The highest BCUT2D eigenvalue weighted by Gasteiger charge is 2.24. The van der Waals surface area contributed by atoms with Crippen molar-refractivity contribution in [3.8, 4) is 17.4 Å². The van der Waals surface area contributed by atoms with Crippen LogP contribution in [0.25, 0.3) is 76.5 Å². The molecule has 0 saturated heterocycles. The van der Waals surface area contributed by atoms with Crippen LogP contribution in [0.15, 0.2) is 133 Å². The minimum absolute atomic E-state index is 0.472. The van der Waals surface area contributed by atoms with Crippen LogP contribution in [0.3, 0.4) is 0 Å². The molecule has 44 heavy (non-hydrogen) atoms. The molecule has 0 atom stereocenters. The van der Waals surface area contributed by atoms with Gasteiger partial charge < -0.3 is 14.5 Å². The number of nitrogens with zero attached hydrogens (tertiary/aromatic N) is 3. The van der Waals surface area contributed by atoms with Crippen molar-refractivity contribution in [3.63, 3.8) is 0 Å². The zero-order valence-corrected chi connectivity index (χ0v) is 23.6.